The van der Waals surface area contributed by atoms with Crippen LogP contribution in [0.25, 0.3) is 16.2 Å². The van der Waals surface area contributed by atoms with Gasteiger partial charge in [0.15, 0.2) is 4.96 Å². The molecule has 128 valence electrons. The molecule has 1 atom stereocenters. The summed E-state index contributed by atoms with van der Waals surface area (Å²) in [7, 11) is 1.55. The number of nitrogens with zero attached hydrogens (tertiary/aromatic N) is 2. The van der Waals surface area contributed by atoms with Crippen molar-refractivity contribution < 1.29 is 9.53 Å². The molecular weight excluding hydrogens is 348 g/mol. The number of nitrogens with two attached hydrogens (primary N) is 1. The van der Waals surface area contributed by atoms with Crippen molar-refractivity contribution >= 4 is 40.3 Å². The van der Waals surface area contributed by atoms with Crippen LogP contribution in [-0.2, 0) is 9.53 Å². The van der Waals surface area contributed by atoms with Crippen LogP contribution in [0.4, 0.5) is 5.69 Å². The van der Waals surface area contributed by atoms with Crippen LogP contribution in [0.5, 0.6) is 0 Å². The fourth-order valence-electron chi connectivity index (χ4n) is 2.27. The summed E-state index contributed by atoms with van der Waals surface area (Å²) in [5.41, 5.74) is 8.19. The summed E-state index contributed by atoms with van der Waals surface area (Å²) < 4.78 is 7.10. The minimum absolute atomic E-state index is 0. The Bertz CT molecular complexity index is 767. The number of hydrogen-bond acceptors (Lipinski definition) is 5. The topological polar surface area (TPSA) is 81.6 Å². The Morgan fingerprint density at radius 2 is 2.17 bits per heavy atom. The van der Waals surface area contributed by atoms with Crippen LogP contribution in [0.3, 0.4) is 0 Å². The van der Waals surface area contributed by atoms with E-state index in [2.05, 4.69) is 10.3 Å². The van der Waals surface area contributed by atoms with Crippen LogP contribution in [-0.4, -0.2) is 35.1 Å². The first-order chi connectivity index (χ1) is 11.2. The Morgan fingerprint density at radius 1 is 1.42 bits per heavy atom. The number of methoxy groups -OCH3 is 1. The Balaban J connectivity index is 0.00000208. The van der Waals surface area contributed by atoms with Crippen LogP contribution >= 0.6 is 23.7 Å². The van der Waals surface area contributed by atoms with E-state index in [0.717, 1.165) is 21.9 Å². The van der Waals surface area contributed by atoms with Gasteiger partial charge >= 0.3 is 0 Å². The molecule has 2 aromatic heterocycles. The predicted molar refractivity (Wildman–Crippen MR) is 98.9 cm³/mol. The minimum atomic E-state index is -0.257. The number of halogens is 1. The summed E-state index contributed by atoms with van der Waals surface area (Å²) in [5.74, 6) is -0.113. The normalized spacial score (nSPS) is 11.9. The monoisotopic (exact) mass is 366 g/mol. The van der Waals surface area contributed by atoms with Crippen LogP contribution in [0.2, 0.25) is 0 Å². The van der Waals surface area contributed by atoms with Gasteiger partial charge in [0.1, 0.15) is 0 Å². The maximum Gasteiger partial charge on any atom is 0.227 e. The molecule has 0 saturated carbocycles. The molecule has 1 amide bonds. The Labute approximate surface area is 150 Å². The largest absolute Gasteiger partial charge is 0.380 e. The minimum Gasteiger partial charge on any atom is -0.380 e. The summed E-state index contributed by atoms with van der Waals surface area (Å²) >= 11 is 1.60. The highest BCUT2D eigenvalue weighted by Crippen LogP contribution is 2.23. The van der Waals surface area contributed by atoms with Gasteiger partial charge in [0.2, 0.25) is 5.91 Å². The number of fused-ring (bicyclic) bond motifs is 1. The zero-order valence-corrected chi connectivity index (χ0v) is 14.8. The zero-order valence-electron chi connectivity index (χ0n) is 13.1. The third-order valence-electron chi connectivity index (χ3n) is 3.57. The lowest BCUT2D eigenvalue weighted by molar-refractivity contribution is -0.118. The standard InChI is InChI=1S/C16H18N4O2S.ClH/c1-22-13(9-17)8-15(21)18-12-4-2-11(3-5-12)14-10-20-6-7-23-16(20)19-14;/h2-7,10,13H,8-9,17H2,1H3,(H,18,21);1H. The molecule has 0 spiro atoms. The van der Waals surface area contributed by atoms with Crippen molar-refractivity contribution in [3.05, 3.63) is 42.0 Å². The number of ether oxygens (including phenoxy) is 1. The number of rotatable bonds is 6. The van der Waals surface area contributed by atoms with E-state index in [9.17, 15) is 4.79 Å². The van der Waals surface area contributed by atoms with Gasteiger partial charge in [0.25, 0.3) is 0 Å². The number of nitrogens with one attached hydrogen (secondary N) is 1. The first kappa shape index (κ1) is 18.4. The molecule has 24 heavy (non-hydrogen) atoms. The van der Waals surface area contributed by atoms with Crippen molar-refractivity contribution in [3.63, 3.8) is 0 Å². The first-order valence-corrected chi connectivity index (χ1v) is 8.13. The smallest absolute Gasteiger partial charge is 0.227 e. The van der Waals surface area contributed by atoms with Gasteiger partial charge in [0, 0.05) is 42.7 Å². The van der Waals surface area contributed by atoms with Crippen molar-refractivity contribution in [2.75, 3.05) is 19.0 Å². The molecule has 3 aromatic rings. The number of carbonyl (C=O) groups is 1. The number of benzene rings is 1. The van der Waals surface area contributed by atoms with Gasteiger partial charge in [-0.3, -0.25) is 9.20 Å². The Morgan fingerprint density at radius 3 is 2.79 bits per heavy atom. The molecule has 2 heterocycles. The maximum atomic E-state index is 11.9. The van der Waals surface area contributed by atoms with E-state index in [0.29, 0.717) is 6.54 Å². The van der Waals surface area contributed by atoms with Gasteiger partial charge in [-0.15, -0.1) is 23.7 Å². The molecule has 8 heteroatoms. The molecule has 3 N–H and O–H groups in total. The lowest BCUT2D eigenvalue weighted by Gasteiger charge is -2.12. The molecule has 0 bridgehead atoms. The highest BCUT2D eigenvalue weighted by atomic mass is 35.5. The van der Waals surface area contributed by atoms with Crippen molar-refractivity contribution in [2.24, 2.45) is 5.73 Å². The van der Waals surface area contributed by atoms with E-state index in [1.165, 1.54) is 0 Å². The molecule has 0 saturated heterocycles. The lowest BCUT2D eigenvalue weighted by atomic mass is 10.1. The third-order valence-corrected chi connectivity index (χ3v) is 4.34. The van der Waals surface area contributed by atoms with E-state index in [-0.39, 0.29) is 30.8 Å². The van der Waals surface area contributed by atoms with Crippen molar-refractivity contribution in [1.82, 2.24) is 9.38 Å². The molecule has 6 nitrogen and oxygen atoms in total. The van der Waals surface area contributed by atoms with E-state index >= 15 is 0 Å². The van der Waals surface area contributed by atoms with E-state index in [1.54, 1.807) is 18.4 Å². The number of thiazole rings is 1. The number of hydrogen-bond donors (Lipinski definition) is 2. The van der Waals surface area contributed by atoms with Crippen molar-refractivity contribution in [3.8, 4) is 11.3 Å². The highest BCUT2D eigenvalue weighted by Gasteiger charge is 2.12. The Kier molecular flexibility index (Phi) is 6.33. The molecule has 0 fully saturated rings. The van der Waals surface area contributed by atoms with Crippen LogP contribution in [0.1, 0.15) is 6.42 Å². The summed E-state index contributed by atoms with van der Waals surface area (Å²) in [5, 5.41) is 4.84. The highest BCUT2D eigenvalue weighted by molar-refractivity contribution is 7.15. The second-order valence-electron chi connectivity index (χ2n) is 5.14. The Hall–Kier alpha value is -1.93. The van der Waals surface area contributed by atoms with Gasteiger partial charge in [-0.1, -0.05) is 12.1 Å². The predicted octanol–water partition coefficient (Wildman–Crippen LogP) is 2.79. The maximum absolute atomic E-state index is 11.9. The molecule has 3 rings (SSSR count). The number of amides is 1. The van der Waals surface area contributed by atoms with Gasteiger partial charge in [-0.25, -0.2) is 4.98 Å². The van der Waals surface area contributed by atoms with Gasteiger partial charge in [0.05, 0.1) is 18.2 Å². The third kappa shape index (κ3) is 4.12. The molecule has 0 aliphatic rings. The molecular formula is C16H19ClN4O2S. The summed E-state index contributed by atoms with van der Waals surface area (Å²) in [4.78, 5) is 17.4. The summed E-state index contributed by atoms with van der Waals surface area (Å²) in [6, 6.07) is 7.62. The average molecular weight is 367 g/mol. The van der Waals surface area contributed by atoms with Crippen molar-refractivity contribution in [1.29, 1.82) is 0 Å². The summed E-state index contributed by atoms with van der Waals surface area (Å²) in [6.45, 7) is 0.320. The average Bonchev–Trinajstić information content (AvgIpc) is 3.15. The molecule has 0 radical (unpaired) electrons. The fourth-order valence-corrected chi connectivity index (χ4v) is 2.97. The number of anilines is 1. The van der Waals surface area contributed by atoms with Crippen molar-refractivity contribution in [2.45, 2.75) is 12.5 Å². The SMILES string of the molecule is COC(CN)CC(=O)Nc1ccc(-c2cn3ccsc3n2)cc1.Cl. The summed E-state index contributed by atoms with van der Waals surface area (Å²) in [6.07, 6.45) is 3.96. The molecule has 0 aliphatic heterocycles. The van der Waals surface area contributed by atoms with Gasteiger partial charge < -0.3 is 15.8 Å². The van der Waals surface area contributed by atoms with Gasteiger partial charge in [-0.05, 0) is 12.1 Å². The van der Waals surface area contributed by atoms with E-state index < -0.39 is 0 Å². The first-order valence-electron chi connectivity index (χ1n) is 7.25. The second-order valence-corrected chi connectivity index (χ2v) is 6.02. The number of aromatic nitrogens is 2. The number of carbonyl (C=O) groups excluding carboxylic acids is 1. The van der Waals surface area contributed by atoms with Crippen LogP contribution < -0.4 is 11.1 Å². The fraction of sp³-hybridized carbons (Fsp3) is 0.250. The lowest BCUT2D eigenvalue weighted by Crippen LogP contribution is -2.28. The van der Waals surface area contributed by atoms with Gasteiger partial charge in [-0.2, -0.15) is 0 Å². The van der Waals surface area contributed by atoms with Crippen LogP contribution in [0.15, 0.2) is 42.0 Å². The second kappa shape index (κ2) is 8.25. The molecule has 0 aliphatic carbocycles. The van der Waals surface area contributed by atoms with Crippen LogP contribution in [0, 0.1) is 0 Å². The molecule has 1 unspecified atom stereocenters. The quantitative estimate of drug-likeness (QED) is 0.702. The van der Waals surface area contributed by atoms with E-state index in [4.69, 9.17) is 10.5 Å². The molecule has 1 aromatic carbocycles. The zero-order chi connectivity index (χ0) is 16.2. The van der Waals surface area contributed by atoms with E-state index in [1.807, 2.05) is 46.4 Å². The number of imidazole rings is 1.